The molecule has 3 nitrogen and oxygen atoms in total. The lowest BCUT2D eigenvalue weighted by atomic mass is 10.2. The molecule has 0 radical (unpaired) electrons. The van der Waals surface area contributed by atoms with Crippen molar-refractivity contribution in [1.82, 2.24) is 4.98 Å². The summed E-state index contributed by atoms with van der Waals surface area (Å²) in [4.78, 5) is 4.43. The Balaban J connectivity index is 0.00000144. The van der Waals surface area contributed by atoms with Gasteiger partial charge in [-0.3, -0.25) is 0 Å². The maximum Gasteiger partial charge on any atom is 0.573 e. The summed E-state index contributed by atoms with van der Waals surface area (Å²) in [6.45, 7) is 0. The molecule has 3 aromatic rings. The van der Waals surface area contributed by atoms with Crippen molar-refractivity contribution >= 4 is 22.4 Å². The number of ether oxygens (including phenoxy) is 1. The number of nitrogens with zero attached hydrogens (tertiary/aromatic N) is 1. The van der Waals surface area contributed by atoms with E-state index in [9.17, 15) is 13.2 Å². The van der Waals surface area contributed by atoms with Gasteiger partial charge >= 0.3 is 6.36 Å². The van der Waals surface area contributed by atoms with Crippen LogP contribution in [0.5, 0.6) is 5.75 Å². The van der Waals surface area contributed by atoms with Crippen molar-refractivity contribution in [3.63, 3.8) is 0 Å². The summed E-state index contributed by atoms with van der Waals surface area (Å²) in [7, 11) is 0. The van der Waals surface area contributed by atoms with Crippen LogP contribution in [0, 0.1) is 0 Å². The lowest BCUT2D eigenvalue weighted by Gasteiger charge is -2.10. The van der Waals surface area contributed by atoms with Gasteiger partial charge in [-0.1, -0.05) is 25.6 Å². The first-order valence-corrected chi connectivity index (χ1v) is 6.48. The summed E-state index contributed by atoms with van der Waals surface area (Å²) in [5.74, 6) is 0.354. The Morgan fingerprint density at radius 2 is 1.54 bits per heavy atom. The van der Waals surface area contributed by atoms with Crippen LogP contribution in [0.2, 0.25) is 0 Å². The first-order chi connectivity index (χ1) is 10.5. The van der Waals surface area contributed by atoms with Gasteiger partial charge in [0.2, 0.25) is 0 Å². The number of pyridine rings is 1. The Morgan fingerprint density at radius 1 is 0.875 bits per heavy atom. The molecule has 24 heavy (non-hydrogen) atoms. The van der Waals surface area contributed by atoms with Crippen molar-refractivity contribution in [1.29, 1.82) is 0 Å². The van der Waals surface area contributed by atoms with E-state index in [2.05, 4.69) is 15.0 Å². The highest BCUT2D eigenvalue weighted by molar-refractivity contribution is 5.80. The maximum atomic E-state index is 12.1. The van der Waals surface area contributed by atoms with Gasteiger partial charge in [-0.05, 0) is 42.5 Å². The number of alkyl halides is 3. The molecule has 2 aromatic carbocycles. The van der Waals surface area contributed by atoms with Gasteiger partial charge in [0.15, 0.2) is 0 Å². The number of halogens is 4. The summed E-state index contributed by atoms with van der Waals surface area (Å²) in [5.41, 5.74) is 1.46. The molecule has 1 aromatic heterocycles. The second-order valence-corrected chi connectivity index (χ2v) is 4.59. The van der Waals surface area contributed by atoms with E-state index in [4.69, 9.17) is 0 Å². The minimum atomic E-state index is -4.69. The monoisotopic (exact) mass is 355 g/mol. The molecule has 0 saturated carbocycles. The van der Waals surface area contributed by atoms with Crippen molar-refractivity contribution in [2.45, 2.75) is 13.8 Å². The van der Waals surface area contributed by atoms with E-state index in [0.29, 0.717) is 11.5 Å². The molecular formula is C17H15ClF3N2O-. The zero-order valence-electron chi connectivity index (χ0n) is 11.6. The van der Waals surface area contributed by atoms with E-state index >= 15 is 0 Å². The van der Waals surface area contributed by atoms with Gasteiger partial charge in [-0.25, -0.2) is 4.98 Å². The van der Waals surface area contributed by atoms with Crippen molar-refractivity contribution in [3.8, 4) is 5.75 Å². The molecular weight excluding hydrogens is 341 g/mol. The van der Waals surface area contributed by atoms with Crippen LogP contribution in [0.3, 0.4) is 0 Å². The molecule has 0 amide bonds. The van der Waals surface area contributed by atoms with Crippen LogP contribution < -0.4 is 22.5 Å². The number of hydrogen-bond acceptors (Lipinski definition) is 3. The highest BCUT2D eigenvalue weighted by Gasteiger charge is 2.30. The molecule has 0 fully saturated rings. The number of nitrogens with one attached hydrogen (secondary N) is 1. The van der Waals surface area contributed by atoms with Gasteiger partial charge in [0.25, 0.3) is 0 Å². The molecule has 0 spiro atoms. The molecule has 7 heteroatoms. The van der Waals surface area contributed by atoms with Gasteiger partial charge in [0, 0.05) is 11.1 Å². The van der Waals surface area contributed by atoms with Crippen molar-refractivity contribution < 1.29 is 30.3 Å². The fourth-order valence-electron chi connectivity index (χ4n) is 2.02. The molecule has 128 valence electrons. The predicted molar refractivity (Wildman–Crippen MR) is 84.9 cm³/mol. The second kappa shape index (κ2) is 7.88. The Bertz CT molecular complexity index is 792. The van der Waals surface area contributed by atoms with Crippen LogP contribution in [0.1, 0.15) is 7.43 Å². The van der Waals surface area contributed by atoms with Gasteiger partial charge in [-0.15, -0.1) is 13.2 Å². The molecule has 3 rings (SSSR count). The third-order valence-electron chi connectivity index (χ3n) is 2.96. The minimum absolute atomic E-state index is 0. The largest absolute Gasteiger partial charge is 1.00 e. The summed E-state index contributed by atoms with van der Waals surface area (Å²) in [5, 5.41) is 4.05. The van der Waals surface area contributed by atoms with E-state index in [0.717, 1.165) is 10.9 Å². The fourth-order valence-corrected chi connectivity index (χ4v) is 2.02. The van der Waals surface area contributed by atoms with Gasteiger partial charge in [-0.2, -0.15) is 0 Å². The molecule has 0 aliphatic heterocycles. The van der Waals surface area contributed by atoms with Gasteiger partial charge < -0.3 is 22.5 Å². The maximum absolute atomic E-state index is 12.1. The van der Waals surface area contributed by atoms with Crippen LogP contribution in [-0.4, -0.2) is 11.3 Å². The molecule has 0 saturated heterocycles. The summed E-state index contributed by atoms with van der Waals surface area (Å²) >= 11 is 0. The molecule has 0 bridgehead atoms. The first kappa shape index (κ1) is 19.6. The lowest BCUT2D eigenvalue weighted by molar-refractivity contribution is -0.274. The second-order valence-electron chi connectivity index (χ2n) is 4.59. The number of hydrogen-bond donors (Lipinski definition) is 1. The Kier molecular flexibility index (Phi) is 6.42. The Labute approximate surface area is 143 Å². The Morgan fingerprint density at radius 3 is 2.21 bits per heavy atom. The fraction of sp³-hybridized carbons (Fsp3) is 0.118. The average Bonchev–Trinajstić information content (AvgIpc) is 2.48. The number of fused-ring (bicyclic) bond motifs is 1. The standard InChI is InChI=1S/C16H11F3N2O.CH4.ClH/c17-16(18,19)22-13-8-6-12(7-9-13)20-15-10-5-11-3-1-2-4-14(11)21-15;;/h1-10H,(H,20,21);1H4;1H/p-1. The van der Waals surface area contributed by atoms with E-state index in [1.807, 2.05) is 36.4 Å². The van der Waals surface area contributed by atoms with Crippen LogP contribution >= 0.6 is 0 Å². The molecule has 0 aliphatic rings. The number of rotatable bonds is 3. The third kappa shape index (κ3) is 5.03. The number of anilines is 2. The van der Waals surface area contributed by atoms with Crippen LogP contribution in [-0.2, 0) is 0 Å². The number of para-hydroxylation sites is 1. The van der Waals surface area contributed by atoms with Crippen LogP contribution in [0.4, 0.5) is 24.7 Å². The topological polar surface area (TPSA) is 34.1 Å². The molecule has 1 heterocycles. The lowest BCUT2D eigenvalue weighted by Crippen LogP contribution is -3.00. The summed E-state index contributed by atoms with van der Waals surface area (Å²) < 4.78 is 40.1. The molecule has 1 N–H and O–H groups in total. The predicted octanol–water partition coefficient (Wildman–Crippen LogP) is 2.52. The highest BCUT2D eigenvalue weighted by atomic mass is 35.5. The SMILES string of the molecule is C.FC(F)(F)Oc1ccc(Nc2ccc3ccccc3n2)cc1.[Cl-]. The zero-order valence-corrected chi connectivity index (χ0v) is 12.4. The van der Waals surface area contributed by atoms with E-state index in [-0.39, 0.29) is 25.6 Å². The zero-order chi connectivity index (χ0) is 15.6. The third-order valence-corrected chi connectivity index (χ3v) is 2.96. The normalized spacial score (nSPS) is 10.5. The first-order valence-electron chi connectivity index (χ1n) is 6.48. The van der Waals surface area contributed by atoms with E-state index < -0.39 is 6.36 Å². The highest BCUT2D eigenvalue weighted by Crippen LogP contribution is 2.25. The van der Waals surface area contributed by atoms with Crippen molar-refractivity contribution in [2.24, 2.45) is 0 Å². The minimum Gasteiger partial charge on any atom is -1.00 e. The molecule has 0 atom stereocenters. The molecule has 0 aliphatic carbocycles. The van der Waals surface area contributed by atoms with E-state index in [1.54, 1.807) is 0 Å². The van der Waals surface area contributed by atoms with Crippen molar-refractivity contribution in [3.05, 3.63) is 60.7 Å². The van der Waals surface area contributed by atoms with Gasteiger partial charge in [0.1, 0.15) is 11.6 Å². The van der Waals surface area contributed by atoms with E-state index in [1.165, 1.54) is 24.3 Å². The smallest absolute Gasteiger partial charge is 0.573 e. The number of aromatic nitrogens is 1. The summed E-state index contributed by atoms with van der Waals surface area (Å²) in [6.07, 6.45) is -4.69. The molecule has 0 unspecified atom stereocenters. The summed E-state index contributed by atoms with van der Waals surface area (Å²) in [6, 6.07) is 16.9. The average molecular weight is 356 g/mol. The van der Waals surface area contributed by atoms with Gasteiger partial charge in [0.05, 0.1) is 5.52 Å². The number of benzene rings is 2. The van der Waals surface area contributed by atoms with Crippen LogP contribution in [0.15, 0.2) is 60.7 Å². The van der Waals surface area contributed by atoms with Crippen LogP contribution in [0.25, 0.3) is 10.9 Å². The quantitative estimate of drug-likeness (QED) is 0.784. The Hall–Kier alpha value is -2.47. The van der Waals surface area contributed by atoms with Crippen molar-refractivity contribution in [2.75, 3.05) is 5.32 Å².